The molecule has 4 aromatic carbocycles. The lowest BCUT2D eigenvalue weighted by Gasteiger charge is -2.20. The molecule has 208 valence electrons. The highest BCUT2D eigenvalue weighted by molar-refractivity contribution is 7.89. The van der Waals surface area contributed by atoms with Gasteiger partial charge in [0, 0.05) is 17.2 Å². The first-order valence-corrected chi connectivity index (χ1v) is 14.0. The van der Waals surface area contributed by atoms with Gasteiger partial charge in [-0.15, -0.1) is 0 Å². The van der Waals surface area contributed by atoms with Crippen molar-refractivity contribution in [3.05, 3.63) is 71.8 Å². The summed E-state index contributed by atoms with van der Waals surface area (Å²) in [6, 6.07) is 7.83. The summed E-state index contributed by atoms with van der Waals surface area (Å²) in [4.78, 5) is -1.40. The molecule has 0 heterocycles. The van der Waals surface area contributed by atoms with Gasteiger partial charge in [0.05, 0.1) is 16.0 Å². The fourth-order valence-electron chi connectivity index (χ4n) is 4.30. The van der Waals surface area contributed by atoms with Crippen LogP contribution in [0.4, 0.5) is 26.3 Å². The monoisotopic (exact) mass is 591 g/mol. The van der Waals surface area contributed by atoms with Crippen molar-refractivity contribution in [1.82, 2.24) is 4.72 Å². The lowest BCUT2D eigenvalue weighted by molar-refractivity contribution is -0.138. The zero-order valence-corrected chi connectivity index (χ0v) is 21.6. The van der Waals surface area contributed by atoms with Gasteiger partial charge in [0.2, 0.25) is 10.0 Å². The Morgan fingerprint density at radius 1 is 0.667 bits per heavy atom. The van der Waals surface area contributed by atoms with E-state index in [0.29, 0.717) is 18.2 Å². The molecule has 0 fully saturated rings. The van der Waals surface area contributed by atoms with Gasteiger partial charge in [-0.2, -0.15) is 34.8 Å². The van der Waals surface area contributed by atoms with Crippen LogP contribution in [-0.2, 0) is 32.5 Å². The number of alkyl halides is 6. The molecule has 0 aromatic heterocycles. The Balaban J connectivity index is 2.25. The minimum atomic E-state index is -5.11. The predicted molar refractivity (Wildman–Crippen MR) is 132 cm³/mol. The summed E-state index contributed by atoms with van der Waals surface area (Å²) >= 11 is 0. The topological polar surface area (TPSA) is 101 Å². The summed E-state index contributed by atoms with van der Waals surface area (Å²) in [6.45, 7) is 2.99. The highest BCUT2D eigenvalue weighted by Crippen LogP contribution is 2.44. The Morgan fingerprint density at radius 3 is 1.46 bits per heavy atom. The zero-order chi connectivity index (χ0) is 29.1. The van der Waals surface area contributed by atoms with Crippen molar-refractivity contribution in [2.24, 2.45) is 0 Å². The van der Waals surface area contributed by atoms with Crippen LogP contribution in [0.25, 0.3) is 32.7 Å². The Labute approximate surface area is 219 Å². The highest BCUT2D eigenvalue weighted by Gasteiger charge is 2.34. The van der Waals surface area contributed by atoms with E-state index in [0.717, 1.165) is 42.5 Å². The zero-order valence-electron chi connectivity index (χ0n) is 20.0. The van der Waals surface area contributed by atoms with Crippen LogP contribution in [0.15, 0.2) is 70.5 Å². The van der Waals surface area contributed by atoms with Gasteiger partial charge in [-0.1, -0.05) is 24.3 Å². The number of hydrogen-bond donors (Lipinski definition) is 2. The number of hydrogen-bond acceptors (Lipinski definition) is 4. The third-order valence-corrected chi connectivity index (χ3v) is 8.42. The van der Waals surface area contributed by atoms with E-state index in [1.54, 1.807) is 0 Å². The van der Waals surface area contributed by atoms with Gasteiger partial charge >= 0.3 is 12.4 Å². The van der Waals surface area contributed by atoms with Crippen LogP contribution in [0, 0.1) is 0 Å². The lowest BCUT2D eigenvalue weighted by atomic mass is 9.92. The van der Waals surface area contributed by atoms with Gasteiger partial charge in [-0.3, -0.25) is 4.55 Å². The van der Waals surface area contributed by atoms with E-state index in [1.165, 1.54) is 13.8 Å². The molecule has 0 bridgehead atoms. The normalized spacial score (nSPS) is 13.5. The molecule has 14 heteroatoms. The van der Waals surface area contributed by atoms with Gasteiger partial charge < -0.3 is 0 Å². The van der Waals surface area contributed by atoms with Gasteiger partial charge in [0.1, 0.15) is 4.90 Å². The molecule has 39 heavy (non-hydrogen) atoms. The largest absolute Gasteiger partial charge is 0.416 e. The third-order valence-electron chi connectivity index (χ3n) is 5.83. The molecule has 0 saturated carbocycles. The van der Waals surface area contributed by atoms with Crippen molar-refractivity contribution >= 4 is 41.7 Å². The van der Waals surface area contributed by atoms with Crippen LogP contribution in [0.5, 0.6) is 0 Å². The number of fused-ring (bicyclic) bond motifs is 2. The highest BCUT2D eigenvalue weighted by atomic mass is 32.2. The van der Waals surface area contributed by atoms with Crippen LogP contribution in [0.3, 0.4) is 0 Å². The van der Waals surface area contributed by atoms with Gasteiger partial charge in [-0.05, 0) is 71.8 Å². The maximum absolute atomic E-state index is 13.4. The van der Waals surface area contributed by atoms with Crippen LogP contribution in [0.1, 0.15) is 25.0 Å². The second-order valence-corrected chi connectivity index (χ2v) is 12.1. The summed E-state index contributed by atoms with van der Waals surface area (Å²) in [5.74, 6) is 0. The smallest absolute Gasteiger partial charge is 0.282 e. The Hall–Kier alpha value is -3.20. The third kappa shape index (κ3) is 5.60. The maximum Gasteiger partial charge on any atom is 0.416 e. The van der Waals surface area contributed by atoms with Crippen LogP contribution in [0.2, 0.25) is 0 Å². The van der Waals surface area contributed by atoms with E-state index in [4.69, 9.17) is 0 Å². The molecule has 6 nitrogen and oxygen atoms in total. The fourth-order valence-corrected chi connectivity index (χ4v) is 6.49. The summed E-state index contributed by atoms with van der Waals surface area (Å²) in [5.41, 5.74) is -3.05. The second-order valence-electron chi connectivity index (χ2n) is 9.00. The Kier molecular flexibility index (Phi) is 6.99. The van der Waals surface area contributed by atoms with Crippen molar-refractivity contribution in [3.8, 4) is 11.1 Å². The quantitative estimate of drug-likeness (QED) is 0.201. The first kappa shape index (κ1) is 28.8. The number of nitrogens with one attached hydrogen (secondary N) is 1. The van der Waals surface area contributed by atoms with Crippen LogP contribution >= 0.6 is 0 Å². The van der Waals surface area contributed by atoms with Gasteiger partial charge in [0.15, 0.2) is 0 Å². The molecule has 4 aromatic rings. The summed E-state index contributed by atoms with van der Waals surface area (Å²) in [6.07, 6.45) is -9.52. The fraction of sp³-hybridized carbons (Fsp3) is 0.200. The van der Waals surface area contributed by atoms with Crippen molar-refractivity contribution < 1.29 is 47.7 Å². The molecule has 0 aliphatic heterocycles. The summed E-state index contributed by atoms with van der Waals surface area (Å²) < 4.78 is 144. The minimum Gasteiger partial charge on any atom is -0.282 e. The Bertz CT molecular complexity index is 1830. The first-order valence-electron chi connectivity index (χ1n) is 11.1. The van der Waals surface area contributed by atoms with E-state index in [2.05, 4.69) is 4.72 Å². The maximum atomic E-state index is 13.4. The molecule has 0 aliphatic rings. The summed E-state index contributed by atoms with van der Waals surface area (Å²) in [7, 11) is -9.57. The molecule has 0 amide bonds. The van der Waals surface area contributed by atoms with Crippen LogP contribution < -0.4 is 4.72 Å². The Morgan fingerprint density at radius 2 is 1.08 bits per heavy atom. The van der Waals surface area contributed by atoms with E-state index in [-0.39, 0.29) is 21.5 Å². The molecule has 0 saturated heterocycles. The number of halogens is 6. The number of sulfonamides is 1. The molecule has 0 unspecified atom stereocenters. The summed E-state index contributed by atoms with van der Waals surface area (Å²) in [5, 5.41) is -0.622. The number of benzene rings is 4. The van der Waals surface area contributed by atoms with E-state index in [1.807, 2.05) is 0 Å². The number of rotatable bonds is 5. The SMILES string of the molecule is CC(C)NS(=O)(=O)c1ccc2cc(C(F)(F)F)ccc2c1-c1c(S(=O)(=O)O)ccc2cc(C(F)(F)F)ccc12. The van der Waals surface area contributed by atoms with Crippen LogP contribution in [-0.4, -0.2) is 27.4 Å². The molecule has 0 aliphatic carbocycles. The standard InChI is InChI=1S/C25H19F6NO5S2/c1-13(2)32-38(33,34)20-9-3-14-11-16(24(26,27)28)5-7-18(14)22(20)23-19-8-6-17(25(29,30)31)12-15(19)4-10-21(23)39(35,36)37/h3-13,32H,1-2H3,(H,35,36,37). The first-order chi connectivity index (χ1) is 17.8. The van der Waals surface area contributed by atoms with Crippen molar-refractivity contribution in [3.63, 3.8) is 0 Å². The van der Waals surface area contributed by atoms with Crippen molar-refractivity contribution in [2.45, 2.75) is 42.0 Å². The average Bonchev–Trinajstić information content (AvgIpc) is 2.79. The average molecular weight is 592 g/mol. The van der Waals surface area contributed by atoms with E-state index >= 15 is 0 Å². The molecular formula is C25H19F6NO5S2. The molecule has 0 radical (unpaired) electrons. The van der Waals surface area contributed by atoms with E-state index < -0.39 is 70.6 Å². The second kappa shape index (κ2) is 9.47. The molecule has 2 N–H and O–H groups in total. The molecule has 0 atom stereocenters. The lowest BCUT2D eigenvalue weighted by Crippen LogP contribution is -2.30. The predicted octanol–water partition coefficient (Wildman–Crippen LogP) is 6.63. The minimum absolute atomic E-state index is 0.131. The van der Waals surface area contributed by atoms with Gasteiger partial charge in [0.25, 0.3) is 10.1 Å². The molecule has 4 rings (SSSR count). The molecular weight excluding hydrogens is 572 g/mol. The van der Waals surface area contributed by atoms with Crippen molar-refractivity contribution in [2.75, 3.05) is 0 Å². The van der Waals surface area contributed by atoms with Gasteiger partial charge in [-0.25, -0.2) is 13.1 Å². The van der Waals surface area contributed by atoms with Crippen molar-refractivity contribution in [1.29, 1.82) is 0 Å². The van der Waals surface area contributed by atoms with E-state index in [9.17, 15) is 47.7 Å². The molecule has 0 spiro atoms.